The molecule has 3 heteroatoms. The number of benzene rings is 5. The van der Waals surface area contributed by atoms with E-state index < -0.39 is 0 Å². The number of halogens is 2. The largest absolute Gasteiger partial charge is 1.00 e. The minimum atomic E-state index is 0. The maximum atomic E-state index is 3.88. The van der Waals surface area contributed by atoms with Gasteiger partial charge in [0.1, 0.15) is 0 Å². The Hall–Kier alpha value is -3.22. The summed E-state index contributed by atoms with van der Waals surface area (Å²) in [6.07, 6.45) is 10.6. The van der Waals surface area contributed by atoms with Crippen LogP contribution < -0.4 is 24.8 Å². The Morgan fingerprint density at radius 2 is 1.11 bits per heavy atom. The van der Waals surface area contributed by atoms with Gasteiger partial charge in [0.05, 0.1) is 0 Å². The second-order valence-corrected chi connectivity index (χ2v) is 18.2. The van der Waals surface area contributed by atoms with Crippen molar-refractivity contribution in [1.29, 1.82) is 0 Å². The molecule has 0 bridgehead atoms. The Labute approximate surface area is 367 Å². The number of unbranched alkanes of at least 4 members (excludes halogenated alkanes) is 5. The van der Waals surface area contributed by atoms with Gasteiger partial charge in [-0.3, -0.25) is 0 Å². The quantitative estimate of drug-likeness (QED) is 0.0954. The molecule has 0 fully saturated rings. The standard InChI is InChI=1S/C33H33.C15H22.C5H5.2ClH.Zr/c1-32(2,3)30-20-26-24(18-28(30)22-13-9-7-10-14-22)17-25-19-29(23-15-11-8-12-16-23)31(21-27(25)26)33(4,5)6;1-2-3-4-5-6-7-9-12-15-13-10-8-11-14-15;1-2-4-5-3-1;;;/h7-16,18,20-21H,17H2,1-6H3;8,10-11,13-14H,2-7,9H2,1H3;1-5H;2*1H;/q-1;;-1;;;+2/p-2. The first-order chi connectivity index (χ1) is 26.0. The molecule has 0 aromatic heterocycles. The second kappa shape index (κ2) is 22.7. The molecule has 0 N–H and O–H groups in total. The molecule has 0 amide bonds. The van der Waals surface area contributed by atoms with Crippen LogP contribution in [0.25, 0.3) is 33.4 Å². The van der Waals surface area contributed by atoms with E-state index in [1.807, 2.05) is 30.3 Å². The minimum absolute atomic E-state index is 0. The Kier molecular flexibility index (Phi) is 19.1. The SMILES string of the molecule is CC(C)(C)c1cc2c([c-]c1-c1ccccc1)Cc1cc(-c3ccccc3)c(C(C)(C)C)cc1-2.CCCCCCCC[C](=[Zr+2])c1ccccc1.[Cl-].[Cl-].c1cc[cH-]c1. The minimum Gasteiger partial charge on any atom is -1.00 e. The van der Waals surface area contributed by atoms with Crippen molar-refractivity contribution in [3.05, 3.63) is 173 Å². The zero-order chi connectivity index (χ0) is 38.6. The van der Waals surface area contributed by atoms with Crippen molar-refractivity contribution in [2.24, 2.45) is 0 Å². The number of rotatable bonds is 10. The molecule has 56 heavy (non-hydrogen) atoms. The van der Waals surface area contributed by atoms with Crippen LogP contribution in [0.2, 0.25) is 0 Å². The molecule has 7 rings (SSSR count). The number of fused-ring (bicyclic) bond motifs is 3. The number of hydrogen-bond donors (Lipinski definition) is 0. The summed E-state index contributed by atoms with van der Waals surface area (Å²) in [5.41, 5.74) is 15.0. The van der Waals surface area contributed by atoms with Crippen LogP contribution in [0.3, 0.4) is 0 Å². The van der Waals surface area contributed by atoms with Crippen LogP contribution in [0.4, 0.5) is 0 Å². The summed E-state index contributed by atoms with van der Waals surface area (Å²) in [6, 6.07) is 53.7. The third kappa shape index (κ3) is 13.2. The summed E-state index contributed by atoms with van der Waals surface area (Å²) in [7, 11) is 0. The van der Waals surface area contributed by atoms with Crippen molar-refractivity contribution >= 4 is 3.21 Å². The van der Waals surface area contributed by atoms with Gasteiger partial charge in [-0.05, 0) is 39.5 Å². The summed E-state index contributed by atoms with van der Waals surface area (Å²) in [6.45, 7) is 16.2. The Morgan fingerprint density at radius 1 is 0.589 bits per heavy atom. The molecule has 6 aromatic rings. The monoisotopic (exact) mass is 856 g/mol. The van der Waals surface area contributed by atoms with E-state index in [0.717, 1.165) is 6.42 Å². The molecule has 0 saturated carbocycles. The van der Waals surface area contributed by atoms with E-state index in [9.17, 15) is 0 Å². The Balaban J connectivity index is 0.000000305. The molecule has 0 nitrogen and oxygen atoms in total. The first-order valence-electron chi connectivity index (χ1n) is 20.1. The van der Waals surface area contributed by atoms with Crippen molar-refractivity contribution < 1.29 is 49.0 Å². The fourth-order valence-electron chi connectivity index (χ4n) is 7.29. The summed E-state index contributed by atoms with van der Waals surface area (Å²) < 4.78 is 1.63. The third-order valence-electron chi connectivity index (χ3n) is 10.3. The molecular weight excluding hydrogens is 799 g/mol. The van der Waals surface area contributed by atoms with E-state index in [-0.39, 0.29) is 35.6 Å². The topological polar surface area (TPSA) is 0 Å². The smallest absolute Gasteiger partial charge is 0.172 e. The van der Waals surface area contributed by atoms with Crippen molar-refractivity contribution in [1.82, 2.24) is 0 Å². The van der Waals surface area contributed by atoms with Gasteiger partial charge in [0, 0.05) is 0 Å². The average Bonchev–Trinajstić information content (AvgIpc) is 3.88. The first-order valence-corrected chi connectivity index (χ1v) is 21.4. The maximum Gasteiger partial charge on any atom is -0.172 e. The van der Waals surface area contributed by atoms with Gasteiger partial charge in [0.15, 0.2) is 0 Å². The van der Waals surface area contributed by atoms with E-state index in [2.05, 4.69) is 164 Å². The molecule has 6 aromatic carbocycles. The van der Waals surface area contributed by atoms with E-state index >= 15 is 0 Å². The van der Waals surface area contributed by atoms with Gasteiger partial charge < -0.3 is 24.8 Å². The van der Waals surface area contributed by atoms with Gasteiger partial charge in [0.25, 0.3) is 0 Å². The van der Waals surface area contributed by atoms with Crippen LogP contribution >= 0.6 is 0 Å². The summed E-state index contributed by atoms with van der Waals surface area (Å²) >= 11 is 1.58. The Morgan fingerprint density at radius 3 is 1.64 bits per heavy atom. The predicted molar refractivity (Wildman–Crippen MR) is 232 cm³/mol. The van der Waals surface area contributed by atoms with E-state index in [0.29, 0.717) is 0 Å². The molecule has 0 unspecified atom stereocenters. The summed E-state index contributed by atoms with van der Waals surface area (Å²) in [5, 5.41) is 0. The Bertz CT molecular complexity index is 1910. The van der Waals surface area contributed by atoms with Crippen molar-refractivity contribution in [3.8, 4) is 33.4 Å². The molecule has 0 saturated heterocycles. The predicted octanol–water partition coefficient (Wildman–Crippen LogP) is 8.90. The first kappa shape index (κ1) is 47.2. The van der Waals surface area contributed by atoms with Crippen molar-refractivity contribution in [2.75, 3.05) is 0 Å². The summed E-state index contributed by atoms with van der Waals surface area (Å²) in [4.78, 5) is 0. The number of hydrogen-bond acceptors (Lipinski definition) is 0. The van der Waals surface area contributed by atoms with Crippen LogP contribution in [0, 0.1) is 6.07 Å². The molecule has 0 atom stereocenters. The van der Waals surface area contributed by atoms with Gasteiger partial charge >= 0.3 is 115 Å². The van der Waals surface area contributed by atoms with Crippen molar-refractivity contribution in [3.63, 3.8) is 0 Å². The molecule has 0 radical (unpaired) electrons. The van der Waals surface area contributed by atoms with Crippen LogP contribution in [-0.4, -0.2) is 3.21 Å². The van der Waals surface area contributed by atoms with Gasteiger partial charge in [-0.15, -0.1) is 28.8 Å². The van der Waals surface area contributed by atoms with Gasteiger partial charge in [-0.1, -0.05) is 131 Å². The maximum absolute atomic E-state index is 3.88. The van der Waals surface area contributed by atoms with Gasteiger partial charge in [0.2, 0.25) is 0 Å². The fraction of sp³-hybridized carbons (Fsp3) is 0.321. The average molecular weight is 859 g/mol. The second-order valence-electron chi connectivity index (χ2n) is 16.7. The van der Waals surface area contributed by atoms with Gasteiger partial charge in [-0.25, -0.2) is 12.1 Å². The molecule has 0 aliphatic heterocycles. The van der Waals surface area contributed by atoms with Crippen LogP contribution in [-0.2, 0) is 41.5 Å². The zero-order valence-corrected chi connectivity index (χ0v) is 38.7. The molecule has 292 valence electrons. The van der Waals surface area contributed by atoms with Crippen LogP contribution in [0.15, 0.2) is 140 Å². The molecule has 0 heterocycles. The zero-order valence-electron chi connectivity index (χ0n) is 34.7. The summed E-state index contributed by atoms with van der Waals surface area (Å²) in [5.74, 6) is 0. The molecule has 0 spiro atoms. The molecular formula is C53H60Cl2Zr-2. The van der Waals surface area contributed by atoms with Crippen molar-refractivity contribution in [2.45, 2.75) is 111 Å². The fourth-order valence-corrected chi connectivity index (χ4v) is 8.13. The van der Waals surface area contributed by atoms with Crippen LogP contribution in [0.5, 0.6) is 0 Å². The molecule has 1 aliphatic carbocycles. The third-order valence-corrected chi connectivity index (χ3v) is 11.6. The normalized spacial score (nSPS) is 11.4. The van der Waals surface area contributed by atoms with Gasteiger partial charge in [-0.2, -0.15) is 18.2 Å². The van der Waals surface area contributed by atoms with Crippen LogP contribution in [0.1, 0.15) is 121 Å². The van der Waals surface area contributed by atoms with E-state index in [1.54, 1.807) is 27.4 Å². The molecule has 1 aliphatic rings. The van der Waals surface area contributed by atoms with E-state index in [4.69, 9.17) is 0 Å². The van der Waals surface area contributed by atoms with E-state index in [1.165, 1.54) is 106 Å².